The summed E-state index contributed by atoms with van der Waals surface area (Å²) >= 11 is 0. The zero-order valence-electron chi connectivity index (χ0n) is 11.7. The fraction of sp³-hybridized carbons (Fsp3) is 0.0714. The number of hydrogen-bond donors (Lipinski definition) is 2. The molecule has 23 heavy (non-hydrogen) atoms. The number of amides is 1. The molecule has 0 aliphatic carbocycles. The van der Waals surface area contributed by atoms with Crippen molar-refractivity contribution < 1.29 is 26.4 Å². The second-order valence-electron chi connectivity index (χ2n) is 4.62. The highest BCUT2D eigenvalue weighted by molar-refractivity contribution is 7.92. The van der Waals surface area contributed by atoms with Crippen LogP contribution in [0.4, 0.5) is 24.5 Å². The maximum Gasteiger partial charge on any atom is 0.257 e. The van der Waals surface area contributed by atoms with Gasteiger partial charge >= 0.3 is 0 Å². The van der Waals surface area contributed by atoms with E-state index in [9.17, 15) is 26.4 Å². The molecule has 0 radical (unpaired) electrons. The van der Waals surface area contributed by atoms with Gasteiger partial charge in [0.05, 0.1) is 23.2 Å². The first kappa shape index (κ1) is 16.8. The van der Waals surface area contributed by atoms with Crippen LogP contribution in [0.15, 0.2) is 36.4 Å². The summed E-state index contributed by atoms with van der Waals surface area (Å²) in [6, 6.07) is 6.37. The zero-order valence-corrected chi connectivity index (χ0v) is 12.5. The number of para-hydroxylation sites is 1. The molecule has 122 valence electrons. The first-order valence-electron chi connectivity index (χ1n) is 6.20. The van der Waals surface area contributed by atoms with Gasteiger partial charge < -0.3 is 5.32 Å². The highest BCUT2D eigenvalue weighted by atomic mass is 32.2. The number of anilines is 2. The molecule has 0 saturated heterocycles. The molecule has 0 aliphatic heterocycles. The van der Waals surface area contributed by atoms with E-state index < -0.39 is 39.1 Å². The van der Waals surface area contributed by atoms with E-state index >= 15 is 0 Å². The Labute approximate surface area is 130 Å². The summed E-state index contributed by atoms with van der Waals surface area (Å²) in [6.07, 6.45) is 0.900. The summed E-state index contributed by atoms with van der Waals surface area (Å²) in [6.45, 7) is 0. The smallest absolute Gasteiger partial charge is 0.257 e. The van der Waals surface area contributed by atoms with Gasteiger partial charge in [-0.05, 0) is 12.1 Å². The van der Waals surface area contributed by atoms with E-state index in [-0.39, 0.29) is 11.3 Å². The number of carbonyl (C=O) groups is 1. The van der Waals surface area contributed by atoms with Crippen molar-refractivity contribution in [3.8, 4) is 0 Å². The highest BCUT2D eigenvalue weighted by Gasteiger charge is 2.17. The van der Waals surface area contributed by atoms with E-state index in [1.165, 1.54) is 24.3 Å². The summed E-state index contributed by atoms with van der Waals surface area (Å²) in [7, 11) is -3.64. The summed E-state index contributed by atoms with van der Waals surface area (Å²) in [5.41, 5.74) is -0.708. The Kier molecular flexibility index (Phi) is 4.60. The van der Waals surface area contributed by atoms with Gasteiger partial charge in [-0.3, -0.25) is 9.52 Å². The molecule has 0 bridgehead atoms. The molecule has 5 nitrogen and oxygen atoms in total. The van der Waals surface area contributed by atoms with Gasteiger partial charge in [-0.1, -0.05) is 12.1 Å². The normalized spacial score (nSPS) is 11.1. The molecule has 0 saturated carbocycles. The van der Waals surface area contributed by atoms with Crippen LogP contribution >= 0.6 is 0 Å². The van der Waals surface area contributed by atoms with Crippen molar-refractivity contribution >= 4 is 27.3 Å². The first-order valence-corrected chi connectivity index (χ1v) is 8.09. The predicted molar refractivity (Wildman–Crippen MR) is 79.2 cm³/mol. The minimum absolute atomic E-state index is 0.0320. The number of sulfonamides is 1. The molecule has 0 spiro atoms. The standard InChI is InChI=1S/C14H11F3N2O3S/c1-23(21,22)19-12-5-3-2-4-8(12)14(20)18-13-7-10(16)9(15)6-11(13)17/h2-7,19H,1H3,(H,18,20). The number of halogens is 3. The fourth-order valence-corrected chi connectivity index (χ4v) is 2.36. The van der Waals surface area contributed by atoms with Crippen LogP contribution in [0, 0.1) is 17.5 Å². The number of hydrogen-bond acceptors (Lipinski definition) is 3. The predicted octanol–water partition coefficient (Wildman–Crippen LogP) is 2.73. The van der Waals surface area contributed by atoms with Crippen molar-refractivity contribution in [2.45, 2.75) is 0 Å². The fourth-order valence-electron chi connectivity index (χ4n) is 1.78. The van der Waals surface area contributed by atoms with Gasteiger partial charge in [0.2, 0.25) is 10.0 Å². The van der Waals surface area contributed by atoms with Crippen LogP contribution in [0.2, 0.25) is 0 Å². The van der Waals surface area contributed by atoms with Crippen LogP contribution in [0.1, 0.15) is 10.4 Å². The molecule has 2 aromatic rings. The molecule has 0 aromatic heterocycles. The Bertz CT molecular complexity index is 870. The molecule has 0 atom stereocenters. The topological polar surface area (TPSA) is 75.3 Å². The van der Waals surface area contributed by atoms with Gasteiger partial charge in [0.1, 0.15) is 5.82 Å². The molecule has 1 amide bonds. The first-order chi connectivity index (χ1) is 10.7. The molecule has 0 heterocycles. The highest BCUT2D eigenvalue weighted by Crippen LogP contribution is 2.22. The number of nitrogens with one attached hydrogen (secondary N) is 2. The van der Waals surface area contributed by atoms with Crippen molar-refractivity contribution in [1.82, 2.24) is 0 Å². The average Bonchev–Trinajstić information content (AvgIpc) is 2.43. The molecule has 0 aliphatic rings. The molecule has 9 heteroatoms. The van der Waals surface area contributed by atoms with Crippen molar-refractivity contribution in [2.75, 3.05) is 16.3 Å². The maximum absolute atomic E-state index is 13.5. The van der Waals surface area contributed by atoms with Crippen LogP contribution in [0.5, 0.6) is 0 Å². The van der Waals surface area contributed by atoms with Crippen molar-refractivity contribution in [1.29, 1.82) is 0 Å². The molecule has 0 unspecified atom stereocenters. The van der Waals surface area contributed by atoms with E-state index in [1.54, 1.807) is 0 Å². The van der Waals surface area contributed by atoms with Crippen molar-refractivity contribution in [2.24, 2.45) is 0 Å². The third-order valence-electron chi connectivity index (χ3n) is 2.73. The van der Waals surface area contributed by atoms with Crippen LogP contribution in [-0.2, 0) is 10.0 Å². The number of carbonyl (C=O) groups excluding carboxylic acids is 1. The van der Waals surface area contributed by atoms with Crippen LogP contribution < -0.4 is 10.0 Å². The minimum atomic E-state index is -3.64. The molecular formula is C14H11F3N2O3S. The Morgan fingerprint density at radius 1 is 0.957 bits per heavy atom. The van der Waals surface area contributed by atoms with Gasteiger partial charge in [0.25, 0.3) is 5.91 Å². The molecular weight excluding hydrogens is 333 g/mol. The summed E-state index contributed by atoms with van der Waals surface area (Å²) in [5, 5.41) is 2.07. The lowest BCUT2D eigenvalue weighted by Gasteiger charge is -2.11. The summed E-state index contributed by atoms with van der Waals surface area (Å²) in [5.74, 6) is -4.77. The van der Waals surface area contributed by atoms with Gasteiger partial charge in [-0.25, -0.2) is 21.6 Å². The number of rotatable bonds is 4. The average molecular weight is 344 g/mol. The Balaban J connectivity index is 2.34. The van der Waals surface area contributed by atoms with Crippen LogP contribution in [0.25, 0.3) is 0 Å². The second kappa shape index (κ2) is 6.29. The molecule has 0 fully saturated rings. The van der Waals surface area contributed by atoms with E-state index in [2.05, 4.69) is 10.0 Å². The summed E-state index contributed by atoms with van der Waals surface area (Å²) < 4.78 is 64.2. The third kappa shape index (κ3) is 4.22. The number of benzene rings is 2. The monoisotopic (exact) mass is 344 g/mol. The van der Waals surface area contributed by atoms with Gasteiger partial charge in [-0.15, -0.1) is 0 Å². The van der Waals surface area contributed by atoms with E-state index in [0.717, 1.165) is 6.26 Å². The lowest BCUT2D eigenvalue weighted by atomic mass is 10.1. The van der Waals surface area contributed by atoms with E-state index in [0.29, 0.717) is 12.1 Å². The van der Waals surface area contributed by atoms with Crippen LogP contribution in [-0.4, -0.2) is 20.6 Å². The lowest BCUT2D eigenvalue weighted by Crippen LogP contribution is -2.18. The molecule has 2 rings (SSSR count). The minimum Gasteiger partial charge on any atom is -0.319 e. The SMILES string of the molecule is CS(=O)(=O)Nc1ccccc1C(=O)Nc1cc(F)c(F)cc1F. The van der Waals surface area contributed by atoms with E-state index in [4.69, 9.17) is 0 Å². The second-order valence-corrected chi connectivity index (χ2v) is 6.37. The Morgan fingerprint density at radius 3 is 2.22 bits per heavy atom. The van der Waals surface area contributed by atoms with E-state index in [1.807, 2.05) is 0 Å². The lowest BCUT2D eigenvalue weighted by molar-refractivity contribution is 0.102. The van der Waals surface area contributed by atoms with Crippen molar-refractivity contribution in [3.63, 3.8) is 0 Å². The summed E-state index contributed by atoms with van der Waals surface area (Å²) in [4.78, 5) is 12.1. The Morgan fingerprint density at radius 2 is 1.57 bits per heavy atom. The molecule has 2 aromatic carbocycles. The molecule has 2 N–H and O–H groups in total. The Hall–Kier alpha value is -2.55. The van der Waals surface area contributed by atoms with Crippen LogP contribution in [0.3, 0.4) is 0 Å². The van der Waals surface area contributed by atoms with Gasteiger partial charge in [0, 0.05) is 12.1 Å². The van der Waals surface area contributed by atoms with Gasteiger partial charge in [0.15, 0.2) is 11.6 Å². The zero-order chi connectivity index (χ0) is 17.2. The quantitative estimate of drug-likeness (QED) is 0.838. The van der Waals surface area contributed by atoms with Gasteiger partial charge in [-0.2, -0.15) is 0 Å². The third-order valence-corrected chi connectivity index (χ3v) is 3.32. The largest absolute Gasteiger partial charge is 0.319 e. The van der Waals surface area contributed by atoms with Crippen molar-refractivity contribution in [3.05, 3.63) is 59.4 Å². The maximum atomic E-state index is 13.5.